The van der Waals surface area contributed by atoms with Gasteiger partial charge in [-0.05, 0) is 29.5 Å². The third-order valence-corrected chi connectivity index (χ3v) is 2.64. The molecule has 0 spiro atoms. The smallest absolute Gasteiger partial charge is 0.105 e. The molecule has 18 heavy (non-hydrogen) atoms. The van der Waals surface area contributed by atoms with Gasteiger partial charge in [0.25, 0.3) is 0 Å². The number of hydrogen-bond acceptors (Lipinski definition) is 4. The van der Waals surface area contributed by atoms with Crippen LogP contribution in [0.3, 0.4) is 0 Å². The van der Waals surface area contributed by atoms with Crippen molar-refractivity contribution in [3.8, 4) is 0 Å². The van der Waals surface area contributed by atoms with Crippen molar-refractivity contribution in [2.45, 2.75) is 25.0 Å². The lowest BCUT2D eigenvalue weighted by Gasteiger charge is -2.16. The van der Waals surface area contributed by atoms with Crippen LogP contribution in [0.2, 0.25) is 0 Å². The van der Waals surface area contributed by atoms with E-state index in [9.17, 15) is 10.2 Å². The normalized spacial score (nSPS) is 13.7. The molecule has 0 amide bonds. The van der Waals surface area contributed by atoms with E-state index in [4.69, 9.17) is 10.6 Å². The molecule has 0 aliphatic rings. The van der Waals surface area contributed by atoms with Gasteiger partial charge in [0, 0.05) is 11.5 Å². The maximum Gasteiger partial charge on any atom is 0.105 e. The zero-order chi connectivity index (χ0) is 13.4. The van der Waals surface area contributed by atoms with Gasteiger partial charge in [-0.1, -0.05) is 29.4 Å². The minimum atomic E-state index is -1.11. The van der Waals surface area contributed by atoms with Gasteiger partial charge in [0.1, 0.15) is 6.10 Å². The van der Waals surface area contributed by atoms with E-state index in [1.165, 1.54) is 0 Å². The van der Waals surface area contributed by atoms with Gasteiger partial charge in [0.05, 0.1) is 12.6 Å². The molecule has 3 N–H and O–H groups in total. The Morgan fingerprint density at radius 1 is 1.22 bits per heavy atom. The molecule has 0 fully saturated rings. The Morgan fingerprint density at radius 3 is 2.44 bits per heavy atom. The van der Waals surface area contributed by atoms with Crippen LogP contribution in [-0.4, -0.2) is 34.6 Å². The topological polar surface area (TPSA) is 109 Å². The number of hydrogen-bond donors (Lipinski definition) is 3. The number of azide groups is 1. The molecule has 0 radical (unpaired) electrons. The molecule has 0 aliphatic carbocycles. The average Bonchev–Trinajstić information content (AvgIpc) is 2.42. The molecular weight excluding hydrogens is 234 g/mol. The standard InChI is InChI=1S/C12H17N3O3/c13-15-14-8-11(17)12(18)10-5-3-9(4-6-10)2-1-7-16/h3-6,11-12,16-18H,1-2,7-8H2. The Kier molecular flexibility index (Phi) is 6.18. The lowest BCUT2D eigenvalue weighted by molar-refractivity contribution is 0.0244. The van der Waals surface area contributed by atoms with Crippen LogP contribution in [0.4, 0.5) is 0 Å². The third kappa shape index (κ3) is 4.35. The first-order valence-electron chi connectivity index (χ1n) is 5.75. The molecule has 0 saturated heterocycles. The minimum Gasteiger partial charge on any atom is -0.396 e. The molecule has 0 heterocycles. The fourth-order valence-electron chi connectivity index (χ4n) is 1.61. The van der Waals surface area contributed by atoms with Crippen molar-refractivity contribution in [1.82, 2.24) is 0 Å². The molecule has 1 aromatic rings. The molecule has 0 bridgehead atoms. The van der Waals surface area contributed by atoms with Gasteiger partial charge in [0.15, 0.2) is 0 Å². The molecule has 1 rings (SSSR count). The Bertz CT molecular complexity index is 402. The summed E-state index contributed by atoms with van der Waals surface area (Å²) in [4.78, 5) is 2.53. The lowest BCUT2D eigenvalue weighted by Crippen LogP contribution is -2.21. The Hall–Kier alpha value is -1.59. The second-order valence-corrected chi connectivity index (χ2v) is 3.99. The summed E-state index contributed by atoms with van der Waals surface area (Å²) >= 11 is 0. The molecule has 0 aromatic heterocycles. The first-order chi connectivity index (χ1) is 8.69. The predicted molar refractivity (Wildman–Crippen MR) is 66.8 cm³/mol. The van der Waals surface area contributed by atoms with Gasteiger partial charge < -0.3 is 15.3 Å². The van der Waals surface area contributed by atoms with Gasteiger partial charge in [-0.15, -0.1) is 0 Å². The summed E-state index contributed by atoms with van der Waals surface area (Å²) in [5.41, 5.74) is 9.76. The van der Waals surface area contributed by atoms with E-state index in [1.807, 2.05) is 12.1 Å². The third-order valence-electron chi connectivity index (χ3n) is 2.64. The molecule has 6 nitrogen and oxygen atoms in total. The largest absolute Gasteiger partial charge is 0.396 e. The molecular formula is C12H17N3O3. The number of aliphatic hydroxyl groups is 3. The van der Waals surface area contributed by atoms with Gasteiger partial charge in [-0.2, -0.15) is 0 Å². The zero-order valence-electron chi connectivity index (χ0n) is 9.98. The summed E-state index contributed by atoms with van der Waals surface area (Å²) in [7, 11) is 0. The Morgan fingerprint density at radius 2 is 1.89 bits per heavy atom. The zero-order valence-corrected chi connectivity index (χ0v) is 9.98. The van der Waals surface area contributed by atoms with Gasteiger partial charge in [-0.3, -0.25) is 0 Å². The molecule has 0 saturated carbocycles. The molecule has 1 aromatic carbocycles. The summed E-state index contributed by atoms with van der Waals surface area (Å²) in [5, 5.41) is 31.3. The van der Waals surface area contributed by atoms with Gasteiger partial charge in [0.2, 0.25) is 0 Å². The summed E-state index contributed by atoms with van der Waals surface area (Å²) < 4.78 is 0. The van der Waals surface area contributed by atoms with E-state index in [0.29, 0.717) is 12.0 Å². The summed E-state index contributed by atoms with van der Waals surface area (Å²) in [6.45, 7) is -0.0147. The number of nitrogens with zero attached hydrogens (tertiary/aromatic N) is 3. The second-order valence-electron chi connectivity index (χ2n) is 3.99. The SMILES string of the molecule is [N-]=[N+]=NCC(O)C(O)c1ccc(CCCO)cc1. The second kappa shape index (κ2) is 7.68. The number of aliphatic hydroxyl groups excluding tert-OH is 3. The van der Waals surface area contributed by atoms with Crippen LogP contribution in [0.15, 0.2) is 29.4 Å². The van der Waals surface area contributed by atoms with Gasteiger partial charge >= 0.3 is 0 Å². The molecule has 98 valence electrons. The first-order valence-corrected chi connectivity index (χ1v) is 5.75. The maximum atomic E-state index is 9.81. The highest BCUT2D eigenvalue weighted by molar-refractivity contribution is 5.25. The number of rotatable bonds is 7. The molecule has 6 heteroatoms. The van der Waals surface area contributed by atoms with E-state index >= 15 is 0 Å². The van der Waals surface area contributed by atoms with E-state index < -0.39 is 12.2 Å². The summed E-state index contributed by atoms with van der Waals surface area (Å²) in [6, 6.07) is 7.12. The van der Waals surface area contributed by atoms with Crippen LogP contribution in [0, 0.1) is 0 Å². The Balaban J connectivity index is 2.63. The van der Waals surface area contributed by atoms with E-state index in [1.54, 1.807) is 12.1 Å². The fraction of sp³-hybridized carbons (Fsp3) is 0.500. The quantitative estimate of drug-likeness (QED) is 0.386. The van der Waals surface area contributed by atoms with Crippen LogP contribution in [0.1, 0.15) is 23.7 Å². The number of aryl methyl sites for hydroxylation is 1. The molecule has 2 unspecified atom stereocenters. The van der Waals surface area contributed by atoms with Crippen molar-refractivity contribution in [2.75, 3.05) is 13.2 Å². The van der Waals surface area contributed by atoms with Crippen LogP contribution in [0.5, 0.6) is 0 Å². The van der Waals surface area contributed by atoms with E-state index in [0.717, 1.165) is 12.0 Å². The summed E-state index contributed by atoms with van der Waals surface area (Å²) in [6.07, 6.45) is -0.707. The van der Waals surface area contributed by atoms with Crippen molar-refractivity contribution < 1.29 is 15.3 Å². The van der Waals surface area contributed by atoms with Crippen LogP contribution >= 0.6 is 0 Å². The van der Waals surface area contributed by atoms with Crippen LogP contribution < -0.4 is 0 Å². The Labute approximate surface area is 105 Å². The summed E-state index contributed by atoms with van der Waals surface area (Å²) in [5.74, 6) is 0. The average molecular weight is 251 g/mol. The fourth-order valence-corrected chi connectivity index (χ4v) is 1.61. The predicted octanol–water partition coefficient (Wildman–Crippen LogP) is 1.32. The highest BCUT2D eigenvalue weighted by Crippen LogP contribution is 2.18. The van der Waals surface area contributed by atoms with Crippen LogP contribution in [-0.2, 0) is 6.42 Å². The monoisotopic (exact) mass is 251 g/mol. The highest BCUT2D eigenvalue weighted by atomic mass is 16.3. The van der Waals surface area contributed by atoms with Gasteiger partial charge in [-0.25, -0.2) is 0 Å². The van der Waals surface area contributed by atoms with Crippen molar-refractivity contribution >= 4 is 0 Å². The van der Waals surface area contributed by atoms with Crippen molar-refractivity contribution in [1.29, 1.82) is 0 Å². The highest BCUT2D eigenvalue weighted by Gasteiger charge is 2.17. The van der Waals surface area contributed by atoms with E-state index in [2.05, 4.69) is 10.0 Å². The molecule has 2 atom stereocenters. The maximum absolute atomic E-state index is 9.81. The van der Waals surface area contributed by atoms with Crippen molar-refractivity contribution in [3.05, 3.63) is 45.8 Å². The van der Waals surface area contributed by atoms with Crippen LogP contribution in [0.25, 0.3) is 10.4 Å². The number of benzene rings is 1. The van der Waals surface area contributed by atoms with E-state index in [-0.39, 0.29) is 13.2 Å². The van der Waals surface area contributed by atoms with Crippen molar-refractivity contribution in [2.24, 2.45) is 5.11 Å². The molecule has 0 aliphatic heterocycles. The van der Waals surface area contributed by atoms with Crippen molar-refractivity contribution in [3.63, 3.8) is 0 Å². The lowest BCUT2D eigenvalue weighted by atomic mass is 10.0. The first kappa shape index (κ1) is 14.5. The minimum absolute atomic E-state index is 0.148.